The number of nitrogens with one attached hydrogen (secondary N) is 1. The standard InChI is InChI=1S/C28H25ClN2O4S/c1-3-34-24-7-5-4-6-22(24)23-18-36-28(30-23)31-27(32)15-11-19-10-14-25(26(16-19)33-2)35-17-20-8-12-21(29)13-9-20/h4-16,18H,3,17H2,1-2H3,(H,30,31,32). The number of thiazole rings is 1. The highest BCUT2D eigenvalue weighted by molar-refractivity contribution is 7.14. The highest BCUT2D eigenvalue weighted by Crippen LogP contribution is 2.32. The number of ether oxygens (including phenoxy) is 3. The molecule has 0 radical (unpaired) electrons. The van der Waals surface area contributed by atoms with E-state index < -0.39 is 0 Å². The van der Waals surface area contributed by atoms with Crippen LogP contribution in [0.25, 0.3) is 17.3 Å². The van der Waals surface area contributed by atoms with Gasteiger partial charge in [-0.1, -0.05) is 41.9 Å². The minimum absolute atomic E-state index is 0.281. The van der Waals surface area contributed by atoms with Gasteiger partial charge in [0.1, 0.15) is 12.4 Å². The van der Waals surface area contributed by atoms with Gasteiger partial charge >= 0.3 is 0 Å². The van der Waals surface area contributed by atoms with Gasteiger partial charge in [-0.25, -0.2) is 4.98 Å². The Labute approximate surface area is 219 Å². The van der Waals surface area contributed by atoms with Gasteiger partial charge in [0.05, 0.1) is 19.4 Å². The summed E-state index contributed by atoms with van der Waals surface area (Å²) in [6.45, 7) is 2.89. The monoisotopic (exact) mass is 520 g/mol. The van der Waals surface area contributed by atoms with Crippen LogP contribution in [0, 0.1) is 0 Å². The molecule has 1 aromatic heterocycles. The maximum absolute atomic E-state index is 12.5. The summed E-state index contributed by atoms with van der Waals surface area (Å²) in [5, 5.41) is 5.89. The molecule has 0 unspecified atom stereocenters. The second-order valence-corrected chi connectivity index (χ2v) is 8.91. The molecule has 0 saturated carbocycles. The fraction of sp³-hybridized carbons (Fsp3) is 0.143. The molecule has 1 N–H and O–H groups in total. The molecule has 4 aromatic rings. The minimum Gasteiger partial charge on any atom is -0.493 e. The largest absolute Gasteiger partial charge is 0.493 e. The van der Waals surface area contributed by atoms with E-state index in [9.17, 15) is 4.79 Å². The molecule has 6 nitrogen and oxygen atoms in total. The highest BCUT2D eigenvalue weighted by Gasteiger charge is 2.11. The second kappa shape index (κ2) is 12.2. The van der Waals surface area contributed by atoms with Crippen molar-refractivity contribution in [3.05, 3.63) is 94.3 Å². The van der Waals surface area contributed by atoms with Crippen LogP contribution in [0.2, 0.25) is 5.02 Å². The number of nitrogens with zero attached hydrogens (tertiary/aromatic N) is 1. The Morgan fingerprint density at radius 2 is 1.83 bits per heavy atom. The molecule has 0 spiro atoms. The van der Waals surface area contributed by atoms with Crippen molar-refractivity contribution in [2.24, 2.45) is 0 Å². The van der Waals surface area contributed by atoms with Crippen molar-refractivity contribution in [2.45, 2.75) is 13.5 Å². The Balaban J connectivity index is 1.38. The van der Waals surface area contributed by atoms with Gasteiger partial charge in [0.15, 0.2) is 16.6 Å². The van der Waals surface area contributed by atoms with E-state index in [4.69, 9.17) is 25.8 Å². The number of aromatic nitrogens is 1. The summed E-state index contributed by atoms with van der Waals surface area (Å²) >= 11 is 7.29. The van der Waals surface area contributed by atoms with Crippen LogP contribution in [0.1, 0.15) is 18.1 Å². The molecular weight excluding hydrogens is 496 g/mol. The maximum atomic E-state index is 12.5. The predicted octanol–water partition coefficient (Wildman–Crippen LogP) is 7.10. The van der Waals surface area contributed by atoms with Crippen LogP contribution in [-0.2, 0) is 11.4 Å². The van der Waals surface area contributed by atoms with Gasteiger partial charge in [-0.15, -0.1) is 11.3 Å². The first-order chi connectivity index (χ1) is 17.6. The number of hydrogen-bond donors (Lipinski definition) is 1. The highest BCUT2D eigenvalue weighted by atomic mass is 35.5. The first kappa shape index (κ1) is 25.3. The fourth-order valence-corrected chi connectivity index (χ4v) is 4.22. The zero-order valence-corrected chi connectivity index (χ0v) is 21.4. The third kappa shape index (κ3) is 6.65. The van der Waals surface area contributed by atoms with E-state index in [0.29, 0.717) is 34.9 Å². The first-order valence-corrected chi connectivity index (χ1v) is 12.5. The lowest BCUT2D eigenvalue weighted by molar-refractivity contribution is -0.111. The number of anilines is 1. The van der Waals surface area contributed by atoms with Crippen LogP contribution < -0.4 is 19.5 Å². The SMILES string of the molecule is CCOc1ccccc1-c1csc(NC(=O)C=Cc2ccc(OCc3ccc(Cl)cc3)c(OC)c2)n1. The summed E-state index contributed by atoms with van der Waals surface area (Å²) in [6.07, 6.45) is 3.16. The van der Waals surface area contributed by atoms with Gasteiger partial charge in [0, 0.05) is 22.0 Å². The van der Waals surface area contributed by atoms with E-state index in [0.717, 1.165) is 28.1 Å². The fourth-order valence-electron chi connectivity index (χ4n) is 3.38. The van der Waals surface area contributed by atoms with Crippen molar-refractivity contribution in [1.29, 1.82) is 0 Å². The molecule has 0 atom stereocenters. The molecule has 36 heavy (non-hydrogen) atoms. The van der Waals surface area contributed by atoms with Crippen LogP contribution in [0.3, 0.4) is 0 Å². The summed E-state index contributed by atoms with van der Waals surface area (Å²) in [5.41, 5.74) is 3.43. The molecule has 184 valence electrons. The average Bonchev–Trinajstić information content (AvgIpc) is 3.36. The number of halogens is 1. The molecule has 4 rings (SSSR count). The second-order valence-electron chi connectivity index (χ2n) is 7.62. The number of benzene rings is 3. The Morgan fingerprint density at radius 3 is 2.61 bits per heavy atom. The van der Waals surface area contributed by atoms with E-state index in [1.54, 1.807) is 13.2 Å². The Kier molecular flexibility index (Phi) is 8.60. The average molecular weight is 521 g/mol. The normalized spacial score (nSPS) is 10.9. The van der Waals surface area contributed by atoms with Crippen LogP contribution >= 0.6 is 22.9 Å². The van der Waals surface area contributed by atoms with Crippen molar-refractivity contribution in [1.82, 2.24) is 4.98 Å². The van der Waals surface area contributed by atoms with E-state index in [-0.39, 0.29) is 5.91 Å². The molecule has 0 aliphatic heterocycles. The maximum Gasteiger partial charge on any atom is 0.250 e. The summed E-state index contributed by atoms with van der Waals surface area (Å²) in [6, 6.07) is 20.6. The lowest BCUT2D eigenvalue weighted by Gasteiger charge is -2.11. The molecule has 1 amide bonds. The van der Waals surface area contributed by atoms with Crippen molar-refractivity contribution >= 4 is 40.1 Å². The molecule has 1 heterocycles. The van der Waals surface area contributed by atoms with Gasteiger partial charge in [-0.2, -0.15) is 0 Å². The number of hydrogen-bond acceptors (Lipinski definition) is 6. The minimum atomic E-state index is -0.281. The quantitative estimate of drug-likeness (QED) is 0.226. The lowest BCUT2D eigenvalue weighted by atomic mass is 10.1. The van der Waals surface area contributed by atoms with Crippen LogP contribution in [0.5, 0.6) is 17.2 Å². The molecule has 8 heteroatoms. The van der Waals surface area contributed by atoms with Crippen LogP contribution in [-0.4, -0.2) is 24.6 Å². The zero-order chi connectivity index (χ0) is 25.3. The van der Waals surface area contributed by atoms with Crippen LogP contribution in [0.4, 0.5) is 5.13 Å². The van der Waals surface area contributed by atoms with Gasteiger partial charge in [0.25, 0.3) is 0 Å². The van der Waals surface area contributed by atoms with Crippen molar-refractivity contribution < 1.29 is 19.0 Å². The summed E-state index contributed by atoms with van der Waals surface area (Å²) < 4.78 is 17.0. The van der Waals surface area contributed by atoms with Crippen molar-refractivity contribution in [3.8, 4) is 28.5 Å². The Morgan fingerprint density at radius 1 is 1.03 bits per heavy atom. The number of carbonyl (C=O) groups excluding carboxylic acids is 1. The van der Waals surface area contributed by atoms with Crippen LogP contribution in [0.15, 0.2) is 78.2 Å². The van der Waals surface area contributed by atoms with Gasteiger partial charge in [-0.05, 0) is 60.5 Å². The lowest BCUT2D eigenvalue weighted by Crippen LogP contribution is -2.07. The van der Waals surface area contributed by atoms with Crippen molar-refractivity contribution in [2.75, 3.05) is 19.0 Å². The number of rotatable bonds is 10. The van der Waals surface area contributed by atoms with Gasteiger partial charge < -0.3 is 14.2 Å². The summed E-state index contributed by atoms with van der Waals surface area (Å²) in [5.74, 6) is 1.66. The zero-order valence-electron chi connectivity index (χ0n) is 19.9. The number of para-hydroxylation sites is 1. The number of amides is 1. The molecule has 0 aliphatic carbocycles. The Bertz CT molecular complexity index is 1350. The number of carbonyl (C=O) groups is 1. The molecule has 0 fully saturated rings. The molecule has 0 aliphatic rings. The van der Waals surface area contributed by atoms with E-state index in [2.05, 4.69) is 10.3 Å². The summed E-state index contributed by atoms with van der Waals surface area (Å²) in [7, 11) is 1.58. The van der Waals surface area contributed by atoms with Crippen molar-refractivity contribution in [3.63, 3.8) is 0 Å². The first-order valence-electron chi connectivity index (χ1n) is 11.3. The van der Waals surface area contributed by atoms with E-state index in [1.807, 2.05) is 79.0 Å². The molecule has 0 saturated heterocycles. The third-order valence-electron chi connectivity index (χ3n) is 5.12. The molecule has 3 aromatic carbocycles. The summed E-state index contributed by atoms with van der Waals surface area (Å²) in [4.78, 5) is 17.0. The van der Waals surface area contributed by atoms with Gasteiger partial charge in [0.2, 0.25) is 5.91 Å². The van der Waals surface area contributed by atoms with Gasteiger partial charge in [-0.3, -0.25) is 10.1 Å². The smallest absolute Gasteiger partial charge is 0.250 e. The van der Waals surface area contributed by atoms with E-state index in [1.165, 1.54) is 17.4 Å². The topological polar surface area (TPSA) is 69.7 Å². The van der Waals surface area contributed by atoms with E-state index >= 15 is 0 Å². The molecule has 0 bridgehead atoms. The molecular formula is C28H25ClN2O4S. The Hall–Kier alpha value is -3.81. The predicted molar refractivity (Wildman–Crippen MR) is 145 cm³/mol. The third-order valence-corrected chi connectivity index (χ3v) is 6.13. The number of methoxy groups -OCH3 is 1.